The van der Waals surface area contributed by atoms with E-state index in [0.29, 0.717) is 15.8 Å². The number of aromatic nitrogens is 1. The predicted molar refractivity (Wildman–Crippen MR) is 70.3 cm³/mol. The zero-order valence-electron chi connectivity index (χ0n) is 7.58. The number of thiol groups is 1. The van der Waals surface area contributed by atoms with Crippen LogP contribution < -0.4 is 0 Å². The largest absolute Gasteiger partial charge is 0.244 e. The van der Waals surface area contributed by atoms with Crippen molar-refractivity contribution in [3.63, 3.8) is 0 Å². The summed E-state index contributed by atoms with van der Waals surface area (Å²) in [5, 5.41) is 2.10. The number of benzene rings is 1. The van der Waals surface area contributed by atoms with Crippen LogP contribution in [0.2, 0.25) is 10.0 Å². The first-order chi connectivity index (χ1) is 7.22. The smallest absolute Gasteiger partial charge is 0.126 e. The Morgan fingerprint density at radius 3 is 2.47 bits per heavy atom. The van der Waals surface area contributed by atoms with Crippen molar-refractivity contribution < 1.29 is 0 Å². The minimum atomic E-state index is 0.627. The van der Waals surface area contributed by atoms with Gasteiger partial charge in [-0.1, -0.05) is 29.3 Å². The van der Waals surface area contributed by atoms with Crippen molar-refractivity contribution >= 4 is 47.2 Å². The van der Waals surface area contributed by atoms with Crippen molar-refractivity contribution in [1.29, 1.82) is 0 Å². The third kappa shape index (κ3) is 2.31. The molecule has 5 heteroatoms. The second-order valence-corrected chi connectivity index (χ2v) is 5.13. The van der Waals surface area contributed by atoms with Crippen LogP contribution in [0.4, 0.5) is 0 Å². The Hall–Kier alpha value is -0.220. The lowest BCUT2D eigenvalue weighted by atomic mass is 10.2. The molecule has 78 valence electrons. The van der Waals surface area contributed by atoms with Gasteiger partial charge in [0.25, 0.3) is 0 Å². The summed E-state index contributed by atoms with van der Waals surface area (Å²) in [5.74, 6) is 0.680. The van der Waals surface area contributed by atoms with Gasteiger partial charge in [-0.2, -0.15) is 12.6 Å². The number of thiazole rings is 1. The van der Waals surface area contributed by atoms with Gasteiger partial charge >= 0.3 is 0 Å². The Bertz CT molecular complexity index is 462. The van der Waals surface area contributed by atoms with Crippen molar-refractivity contribution in [2.75, 3.05) is 0 Å². The normalized spacial score (nSPS) is 10.6. The molecule has 1 heterocycles. The van der Waals surface area contributed by atoms with Crippen LogP contribution in [0, 0.1) is 0 Å². The lowest BCUT2D eigenvalue weighted by Gasteiger charge is -2.02. The van der Waals surface area contributed by atoms with E-state index in [0.717, 1.165) is 15.4 Å². The van der Waals surface area contributed by atoms with E-state index in [2.05, 4.69) is 17.6 Å². The fourth-order valence-electron chi connectivity index (χ4n) is 1.20. The Kier molecular flexibility index (Phi) is 3.57. The highest BCUT2D eigenvalue weighted by Gasteiger charge is 2.11. The molecule has 0 saturated heterocycles. The summed E-state index contributed by atoms with van der Waals surface area (Å²) in [4.78, 5) is 5.38. The van der Waals surface area contributed by atoms with Gasteiger partial charge in [-0.25, -0.2) is 4.98 Å². The summed E-state index contributed by atoms with van der Waals surface area (Å²) < 4.78 is 0. The van der Waals surface area contributed by atoms with Gasteiger partial charge in [0.1, 0.15) is 5.01 Å². The van der Waals surface area contributed by atoms with Crippen LogP contribution in [0.3, 0.4) is 0 Å². The third-order valence-corrected chi connectivity index (χ3v) is 4.09. The molecule has 0 atom stereocenters. The van der Waals surface area contributed by atoms with Gasteiger partial charge in [0.15, 0.2) is 0 Å². The van der Waals surface area contributed by atoms with Crippen LogP contribution >= 0.6 is 47.2 Å². The molecule has 0 bridgehead atoms. The van der Waals surface area contributed by atoms with Crippen LogP contribution in [0.25, 0.3) is 10.6 Å². The van der Waals surface area contributed by atoms with E-state index < -0.39 is 0 Å². The van der Waals surface area contributed by atoms with E-state index in [4.69, 9.17) is 23.2 Å². The van der Waals surface area contributed by atoms with Gasteiger partial charge < -0.3 is 0 Å². The molecule has 0 unspecified atom stereocenters. The van der Waals surface area contributed by atoms with Crippen LogP contribution in [0.15, 0.2) is 24.4 Å². The van der Waals surface area contributed by atoms with E-state index in [-0.39, 0.29) is 0 Å². The number of halogens is 2. The number of hydrogen-bond acceptors (Lipinski definition) is 3. The quantitative estimate of drug-likeness (QED) is 0.794. The minimum absolute atomic E-state index is 0.627. The van der Waals surface area contributed by atoms with Crippen LogP contribution in [0.5, 0.6) is 0 Å². The maximum atomic E-state index is 6.08. The van der Waals surface area contributed by atoms with E-state index in [1.54, 1.807) is 17.5 Å². The second-order valence-electron chi connectivity index (χ2n) is 2.89. The molecule has 0 aliphatic heterocycles. The molecular weight excluding hydrogens is 269 g/mol. The third-order valence-electron chi connectivity index (χ3n) is 1.89. The number of nitrogens with zero attached hydrogens (tertiary/aromatic N) is 1. The highest BCUT2D eigenvalue weighted by atomic mass is 35.5. The molecule has 0 aliphatic carbocycles. The van der Waals surface area contributed by atoms with E-state index in [9.17, 15) is 0 Å². The van der Waals surface area contributed by atoms with Gasteiger partial charge in [-0.3, -0.25) is 0 Å². The van der Waals surface area contributed by atoms with Crippen molar-refractivity contribution in [2.45, 2.75) is 5.75 Å². The maximum Gasteiger partial charge on any atom is 0.126 e. The molecule has 1 aromatic heterocycles. The van der Waals surface area contributed by atoms with Crippen molar-refractivity contribution in [3.05, 3.63) is 39.3 Å². The molecule has 0 saturated carbocycles. The summed E-state index contributed by atoms with van der Waals surface area (Å²) in [6.45, 7) is 0. The number of rotatable bonds is 2. The molecule has 0 spiro atoms. The molecule has 0 fully saturated rings. The second kappa shape index (κ2) is 4.74. The summed E-state index contributed by atoms with van der Waals surface area (Å²) in [7, 11) is 0. The molecule has 0 N–H and O–H groups in total. The van der Waals surface area contributed by atoms with Gasteiger partial charge in [0, 0.05) is 22.4 Å². The van der Waals surface area contributed by atoms with Crippen LogP contribution in [-0.4, -0.2) is 4.98 Å². The molecule has 1 aromatic carbocycles. The molecule has 2 rings (SSSR count). The molecule has 0 aliphatic rings. The Morgan fingerprint density at radius 1 is 1.27 bits per heavy atom. The fourth-order valence-corrected chi connectivity index (χ4v) is 3.01. The summed E-state index contributed by atoms with van der Waals surface area (Å²) >= 11 is 17.9. The first kappa shape index (κ1) is 11.3. The Morgan fingerprint density at radius 2 is 1.93 bits per heavy atom. The molecule has 15 heavy (non-hydrogen) atoms. The van der Waals surface area contributed by atoms with E-state index in [1.807, 2.05) is 18.2 Å². The minimum Gasteiger partial charge on any atom is -0.244 e. The predicted octanol–water partition coefficient (Wildman–Crippen LogP) is 4.55. The van der Waals surface area contributed by atoms with Gasteiger partial charge in [-0.05, 0) is 12.1 Å². The molecular formula is C10H7Cl2NS2. The average Bonchev–Trinajstić information content (AvgIpc) is 2.66. The highest BCUT2D eigenvalue weighted by Crippen LogP contribution is 2.36. The van der Waals surface area contributed by atoms with Crippen molar-refractivity contribution in [1.82, 2.24) is 4.98 Å². The monoisotopic (exact) mass is 275 g/mol. The highest BCUT2D eigenvalue weighted by molar-refractivity contribution is 7.79. The Balaban J connectivity index is 2.53. The topological polar surface area (TPSA) is 12.9 Å². The molecule has 2 aromatic rings. The molecule has 0 radical (unpaired) electrons. The lowest BCUT2D eigenvalue weighted by molar-refractivity contribution is 1.37. The van der Waals surface area contributed by atoms with E-state index >= 15 is 0 Å². The fraction of sp³-hybridized carbons (Fsp3) is 0.100. The van der Waals surface area contributed by atoms with Crippen LogP contribution in [-0.2, 0) is 5.75 Å². The average molecular weight is 276 g/mol. The SMILES string of the molecule is SCc1cnc(-c2c(Cl)cccc2Cl)s1. The molecule has 0 amide bonds. The van der Waals surface area contributed by atoms with Gasteiger partial charge in [-0.15, -0.1) is 11.3 Å². The van der Waals surface area contributed by atoms with Gasteiger partial charge in [0.2, 0.25) is 0 Å². The first-order valence-corrected chi connectivity index (χ1v) is 6.43. The summed E-state index contributed by atoms with van der Waals surface area (Å²) in [5.41, 5.74) is 0.805. The standard InChI is InChI=1S/C10H7Cl2NS2/c11-7-2-1-3-8(12)9(7)10-13-4-6(5-14)15-10/h1-4,14H,5H2. The lowest BCUT2D eigenvalue weighted by Crippen LogP contribution is -1.79. The summed E-state index contributed by atoms with van der Waals surface area (Å²) in [6.07, 6.45) is 1.80. The maximum absolute atomic E-state index is 6.08. The van der Waals surface area contributed by atoms with E-state index in [1.165, 1.54) is 0 Å². The van der Waals surface area contributed by atoms with Crippen molar-refractivity contribution in [3.8, 4) is 10.6 Å². The summed E-state index contributed by atoms with van der Waals surface area (Å²) in [6, 6.07) is 5.44. The van der Waals surface area contributed by atoms with Crippen LogP contribution in [0.1, 0.15) is 4.88 Å². The molecule has 1 nitrogen and oxygen atoms in total. The van der Waals surface area contributed by atoms with Gasteiger partial charge in [0.05, 0.1) is 10.0 Å². The first-order valence-electron chi connectivity index (χ1n) is 4.22. The van der Waals surface area contributed by atoms with Crippen molar-refractivity contribution in [2.24, 2.45) is 0 Å². The zero-order valence-corrected chi connectivity index (χ0v) is 10.8. The Labute approximate surface area is 107 Å². The zero-order chi connectivity index (χ0) is 10.8. The number of hydrogen-bond donors (Lipinski definition) is 1.